The van der Waals surface area contributed by atoms with Crippen molar-refractivity contribution in [2.45, 2.75) is 25.5 Å². The van der Waals surface area contributed by atoms with Gasteiger partial charge in [-0.1, -0.05) is 24.3 Å². The van der Waals surface area contributed by atoms with Crippen LogP contribution in [0.3, 0.4) is 0 Å². The molecule has 0 fully saturated rings. The van der Waals surface area contributed by atoms with Crippen molar-refractivity contribution < 1.29 is 13.9 Å². The van der Waals surface area contributed by atoms with E-state index in [1.165, 1.54) is 5.56 Å². The van der Waals surface area contributed by atoms with Crippen molar-refractivity contribution in [3.63, 3.8) is 0 Å². The Bertz CT molecular complexity index is 618. The van der Waals surface area contributed by atoms with E-state index in [4.69, 9.17) is 14.9 Å². The molecule has 2 heterocycles. The molecular weight excluding hydrogens is 254 g/mol. The molecule has 0 aliphatic carbocycles. The second kappa shape index (κ2) is 5.61. The average molecular weight is 271 g/mol. The molecule has 1 unspecified atom stereocenters. The molecular formula is C16H17NO3. The van der Waals surface area contributed by atoms with E-state index in [9.17, 15) is 4.79 Å². The summed E-state index contributed by atoms with van der Waals surface area (Å²) >= 11 is 0. The van der Waals surface area contributed by atoms with E-state index in [2.05, 4.69) is 6.07 Å². The van der Waals surface area contributed by atoms with E-state index < -0.39 is 0 Å². The quantitative estimate of drug-likeness (QED) is 0.868. The van der Waals surface area contributed by atoms with Crippen molar-refractivity contribution in [3.05, 3.63) is 59.0 Å². The third-order valence-corrected chi connectivity index (χ3v) is 3.60. The molecule has 0 spiro atoms. The van der Waals surface area contributed by atoms with Gasteiger partial charge in [-0.15, -0.1) is 0 Å². The molecule has 1 aliphatic rings. The monoisotopic (exact) mass is 271 g/mol. The van der Waals surface area contributed by atoms with Crippen LogP contribution in [0.4, 0.5) is 0 Å². The Balaban J connectivity index is 1.77. The first-order valence-corrected chi connectivity index (χ1v) is 6.79. The number of ketones is 1. The maximum Gasteiger partial charge on any atom is 0.200 e. The van der Waals surface area contributed by atoms with E-state index in [0.29, 0.717) is 31.1 Å². The lowest BCUT2D eigenvalue weighted by molar-refractivity contribution is 0.0343. The highest BCUT2D eigenvalue weighted by Gasteiger charge is 2.24. The van der Waals surface area contributed by atoms with Gasteiger partial charge in [-0.2, -0.15) is 0 Å². The van der Waals surface area contributed by atoms with Crippen LogP contribution in [0.25, 0.3) is 0 Å². The Morgan fingerprint density at radius 1 is 1.25 bits per heavy atom. The first-order valence-electron chi connectivity index (χ1n) is 6.79. The van der Waals surface area contributed by atoms with E-state index in [0.717, 1.165) is 12.0 Å². The third-order valence-electron chi connectivity index (χ3n) is 3.60. The second-order valence-corrected chi connectivity index (χ2v) is 4.91. The first-order chi connectivity index (χ1) is 9.78. The molecule has 1 atom stereocenters. The topological polar surface area (TPSA) is 65.5 Å². The van der Waals surface area contributed by atoms with E-state index in [-0.39, 0.29) is 11.9 Å². The van der Waals surface area contributed by atoms with Crippen molar-refractivity contribution in [2.24, 2.45) is 5.73 Å². The zero-order valence-corrected chi connectivity index (χ0v) is 11.2. The minimum absolute atomic E-state index is 0.0496. The van der Waals surface area contributed by atoms with Crippen LogP contribution in [-0.4, -0.2) is 12.4 Å². The van der Waals surface area contributed by atoms with E-state index >= 15 is 0 Å². The molecule has 1 aromatic heterocycles. The highest BCUT2D eigenvalue weighted by molar-refractivity contribution is 5.93. The van der Waals surface area contributed by atoms with Gasteiger partial charge in [0.2, 0.25) is 5.78 Å². The number of carbonyl (C=O) groups is 1. The summed E-state index contributed by atoms with van der Waals surface area (Å²) in [7, 11) is 0. The van der Waals surface area contributed by atoms with Crippen LogP contribution in [0, 0.1) is 0 Å². The number of hydrogen-bond donors (Lipinski definition) is 1. The van der Waals surface area contributed by atoms with Crippen LogP contribution in [-0.2, 0) is 17.7 Å². The van der Waals surface area contributed by atoms with Gasteiger partial charge < -0.3 is 14.9 Å². The number of fused-ring (bicyclic) bond motifs is 1. The van der Waals surface area contributed by atoms with Crippen LogP contribution >= 0.6 is 0 Å². The van der Waals surface area contributed by atoms with Crippen LogP contribution in [0.15, 0.2) is 40.8 Å². The Labute approximate surface area is 117 Å². The van der Waals surface area contributed by atoms with Crippen molar-refractivity contribution in [1.29, 1.82) is 0 Å². The molecule has 0 radical (unpaired) electrons. The summed E-state index contributed by atoms with van der Waals surface area (Å²) in [5.41, 5.74) is 7.85. The van der Waals surface area contributed by atoms with Crippen molar-refractivity contribution in [3.8, 4) is 0 Å². The smallest absolute Gasteiger partial charge is 0.200 e. The molecule has 4 nitrogen and oxygen atoms in total. The highest BCUT2D eigenvalue weighted by atomic mass is 16.5. The molecule has 1 aliphatic heterocycles. The van der Waals surface area contributed by atoms with Gasteiger partial charge in [0, 0.05) is 6.42 Å². The van der Waals surface area contributed by atoms with Crippen LogP contribution in [0.5, 0.6) is 0 Å². The number of rotatable bonds is 4. The predicted octanol–water partition coefficient (Wildman–Crippen LogP) is 2.63. The molecule has 2 N–H and O–H groups in total. The number of hydrogen-bond acceptors (Lipinski definition) is 4. The number of benzene rings is 1. The molecule has 4 heteroatoms. The lowest BCUT2D eigenvalue weighted by Crippen LogP contribution is -2.19. The van der Waals surface area contributed by atoms with Crippen molar-refractivity contribution >= 4 is 5.78 Å². The van der Waals surface area contributed by atoms with Crippen LogP contribution in [0.2, 0.25) is 0 Å². The molecule has 0 bridgehead atoms. The molecule has 0 amide bonds. The molecule has 20 heavy (non-hydrogen) atoms. The minimum atomic E-state index is -0.182. The van der Waals surface area contributed by atoms with Crippen molar-refractivity contribution in [1.82, 2.24) is 0 Å². The summed E-state index contributed by atoms with van der Waals surface area (Å²) in [4.78, 5) is 12.2. The fourth-order valence-electron chi connectivity index (χ4n) is 2.55. The maximum absolute atomic E-state index is 12.2. The largest absolute Gasteiger partial charge is 0.457 e. The second-order valence-electron chi connectivity index (χ2n) is 4.91. The van der Waals surface area contributed by atoms with Crippen molar-refractivity contribution in [2.75, 3.05) is 6.61 Å². The van der Waals surface area contributed by atoms with Gasteiger partial charge in [0.1, 0.15) is 5.76 Å². The molecule has 0 saturated carbocycles. The summed E-state index contributed by atoms with van der Waals surface area (Å²) in [6, 6.07) is 11.5. The Kier molecular flexibility index (Phi) is 3.67. The summed E-state index contributed by atoms with van der Waals surface area (Å²) in [5, 5.41) is 0. The number of Topliss-reactive ketones (excluding diaryl/α,β-unsaturated/α-hetero) is 1. The van der Waals surface area contributed by atoms with Gasteiger partial charge in [0.05, 0.1) is 19.3 Å². The Hall–Kier alpha value is -1.91. The van der Waals surface area contributed by atoms with Gasteiger partial charge in [-0.25, -0.2) is 0 Å². The average Bonchev–Trinajstić information content (AvgIpc) is 2.97. The minimum Gasteiger partial charge on any atom is -0.457 e. The zero-order valence-electron chi connectivity index (χ0n) is 11.2. The zero-order chi connectivity index (χ0) is 13.9. The fourth-order valence-corrected chi connectivity index (χ4v) is 2.55. The van der Waals surface area contributed by atoms with Gasteiger partial charge in [0.25, 0.3) is 0 Å². The van der Waals surface area contributed by atoms with Gasteiger partial charge in [-0.05, 0) is 29.7 Å². The van der Waals surface area contributed by atoms with Gasteiger partial charge >= 0.3 is 0 Å². The number of ether oxygens (including phenoxy) is 1. The number of furan rings is 1. The van der Waals surface area contributed by atoms with E-state index in [1.807, 2.05) is 18.2 Å². The molecule has 0 saturated heterocycles. The molecule has 104 valence electrons. The summed E-state index contributed by atoms with van der Waals surface area (Å²) in [5.74, 6) is 0.932. The normalized spacial score (nSPS) is 17.8. The van der Waals surface area contributed by atoms with E-state index in [1.54, 1.807) is 12.1 Å². The number of nitrogens with two attached hydrogens (primary N) is 1. The summed E-state index contributed by atoms with van der Waals surface area (Å²) in [6.07, 6.45) is 1.02. The Morgan fingerprint density at radius 3 is 2.90 bits per heavy atom. The predicted molar refractivity (Wildman–Crippen MR) is 74.4 cm³/mol. The summed E-state index contributed by atoms with van der Waals surface area (Å²) in [6.45, 7) is 0.956. The highest BCUT2D eigenvalue weighted by Crippen LogP contribution is 2.30. The lowest BCUT2D eigenvalue weighted by atomic mass is 9.94. The fraction of sp³-hybridized carbons (Fsp3) is 0.312. The SMILES string of the molecule is NCc1ccc(C(=O)CC2OCCc3ccccc32)o1. The van der Waals surface area contributed by atoms with Gasteiger partial charge in [0.15, 0.2) is 5.76 Å². The number of carbonyl (C=O) groups excluding carboxylic acids is 1. The molecule has 3 rings (SSSR count). The lowest BCUT2D eigenvalue weighted by Gasteiger charge is -2.25. The third kappa shape index (κ3) is 2.53. The molecule has 1 aromatic carbocycles. The first kappa shape index (κ1) is 13.1. The van der Waals surface area contributed by atoms with Crippen LogP contribution < -0.4 is 5.73 Å². The van der Waals surface area contributed by atoms with Crippen LogP contribution in [0.1, 0.15) is 40.0 Å². The van der Waals surface area contributed by atoms with Gasteiger partial charge in [-0.3, -0.25) is 4.79 Å². The standard InChI is InChI=1S/C16H17NO3/c17-10-12-5-6-15(20-12)14(18)9-16-13-4-2-1-3-11(13)7-8-19-16/h1-6,16H,7-10,17H2. The maximum atomic E-state index is 12.2. The summed E-state index contributed by atoms with van der Waals surface area (Å²) < 4.78 is 11.1. The molecule has 2 aromatic rings. The Morgan fingerprint density at radius 2 is 2.10 bits per heavy atom.